The van der Waals surface area contributed by atoms with E-state index in [1.165, 1.54) is 0 Å². The van der Waals surface area contributed by atoms with E-state index in [2.05, 4.69) is 10.6 Å². The van der Waals surface area contributed by atoms with Crippen molar-refractivity contribution in [3.8, 4) is 11.5 Å². The quantitative estimate of drug-likeness (QED) is 0.698. The van der Waals surface area contributed by atoms with Crippen molar-refractivity contribution in [2.75, 3.05) is 40.1 Å². The van der Waals surface area contributed by atoms with Crippen LogP contribution in [0.5, 0.6) is 11.5 Å². The molecule has 6 nitrogen and oxygen atoms in total. The Hall–Kier alpha value is -1.79. The smallest absolute Gasteiger partial charge is 0.255 e. The maximum Gasteiger partial charge on any atom is 0.255 e. The Kier molecular flexibility index (Phi) is 5.00. The maximum atomic E-state index is 12.0. The summed E-state index contributed by atoms with van der Waals surface area (Å²) in [6.07, 6.45) is 0. The van der Waals surface area contributed by atoms with E-state index in [0.717, 1.165) is 6.54 Å². The van der Waals surface area contributed by atoms with E-state index in [0.29, 0.717) is 36.8 Å². The lowest BCUT2D eigenvalue weighted by atomic mass is 10.1. The van der Waals surface area contributed by atoms with Gasteiger partial charge in [-0.05, 0) is 12.1 Å². The number of rotatable bonds is 7. The minimum absolute atomic E-state index is 0.157. The molecule has 1 heterocycles. The number of hydrogen-bond acceptors (Lipinski definition) is 5. The van der Waals surface area contributed by atoms with Crippen molar-refractivity contribution < 1.29 is 19.0 Å². The average Bonchev–Trinajstić information content (AvgIpc) is 2.90. The Morgan fingerprint density at radius 3 is 3.05 bits per heavy atom. The highest BCUT2D eigenvalue weighted by atomic mass is 16.7. The zero-order valence-corrected chi connectivity index (χ0v) is 10.9. The van der Waals surface area contributed by atoms with Crippen molar-refractivity contribution >= 4 is 5.91 Å². The van der Waals surface area contributed by atoms with Gasteiger partial charge < -0.3 is 24.8 Å². The fourth-order valence-electron chi connectivity index (χ4n) is 1.77. The number of hydrogen-bond donors (Lipinski definition) is 2. The van der Waals surface area contributed by atoms with Crippen molar-refractivity contribution in [3.05, 3.63) is 23.8 Å². The van der Waals surface area contributed by atoms with E-state index < -0.39 is 0 Å². The summed E-state index contributed by atoms with van der Waals surface area (Å²) in [6, 6.07) is 5.28. The van der Waals surface area contributed by atoms with E-state index in [9.17, 15) is 4.79 Å². The minimum atomic E-state index is -0.157. The molecule has 0 bridgehead atoms. The number of nitrogens with one attached hydrogen (secondary N) is 2. The highest BCUT2D eigenvalue weighted by Crippen LogP contribution is 2.35. The van der Waals surface area contributed by atoms with Gasteiger partial charge in [0.15, 0.2) is 11.5 Å². The fourth-order valence-corrected chi connectivity index (χ4v) is 1.77. The summed E-state index contributed by atoms with van der Waals surface area (Å²) in [7, 11) is 1.65. The van der Waals surface area contributed by atoms with Crippen LogP contribution in [0.15, 0.2) is 18.2 Å². The molecule has 0 unspecified atom stereocenters. The molecular formula is C13H18N2O4. The first-order valence-corrected chi connectivity index (χ1v) is 6.19. The van der Waals surface area contributed by atoms with Crippen LogP contribution >= 0.6 is 0 Å². The summed E-state index contributed by atoms with van der Waals surface area (Å²) in [5, 5.41) is 5.98. The third-order valence-corrected chi connectivity index (χ3v) is 2.71. The molecule has 0 saturated heterocycles. The predicted octanol–water partition coefficient (Wildman–Crippen LogP) is 0.381. The predicted molar refractivity (Wildman–Crippen MR) is 69.6 cm³/mol. The van der Waals surface area contributed by atoms with E-state index in [1.807, 2.05) is 0 Å². The number of fused-ring (bicyclic) bond motifs is 1. The van der Waals surface area contributed by atoms with Crippen LogP contribution in [0.3, 0.4) is 0 Å². The molecule has 0 atom stereocenters. The zero-order chi connectivity index (χ0) is 13.5. The Morgan fingerprint density at radius 1 is 1.32 bits per heavy atom. The van der Waals surface area contributed by atoms with Crippen LogP contribution in [0, 0.1) is 0 Å². The standard InChI is InChI=1S/C13H18N2O4/c1-17-8-7-14-5-6-15-13(16)10-3-2-4-11-12(10)19-9-18-11/h2-4,14H,5-9H2,1H3,(H,15,16). The van der Waals surface area contributed by atoms with Gasteiger partial charge in [0.25, 0.3) is 5.91 Å². The maximum absolute atomic E-state index is 12.0. The lowest BCUT2D eigenvalue weighted by Crippen LogP contribution is -2.33. The van der Waals surface area contributed by atoms with Gasteiger partial charge in [-0.15, -0.1) is 0 Å². The van der Waals surface area contributed by atoms with Gasteiger partial charge in [0.2, 0.25) is 6.79 Å². The number of carbonyl (C=O) groups is 1. The van der Waals surface area contributed by atoms with Crippen LogP contribution in [0.25, 0.3) is 0 Å². The first-order chi connectivity index (χ1) is 9.33. The SMILES string of the molecule is COCCNCCNC(=O)c1cccc2c1OCO2. The van der Waals surface area contributed by atoms with E-state index >= 15 is 0 Å². The van der Waals surface area contributed by atoms with Crippen LogP contribution in [0.1, 0.15) is 10.4 Å². The average molecular weight is 266 g/mol. The summed E-state index contributed by atoms with van der Waals surface area (Å²) >= 11 is 0. The number of benzene rings is 1. The summed E-state index contributed by atoms with van der Waals surface area (Å²) in [4.78, 5) is 12.0. The van der Waals surface area contributed by atoms with Gasteiger partial charge in [-0.3, -0.25) is 4.79 Å². The number of ether oxygens (including phenoxy) is 3. The second kappa shape index (κ2) is 6.96. The largest absolute Gasteiger partial charge is 0.454 e. The van der Waals surface area contributed by atoms with Crippen LogP contribution < -0.4 is 20.1 Å². The van der Waals surface area contributed by atoms with Crippen molar-refractivity contribution in [2.24, 2.45) is 0 Å². The summed E-state index contributed by atoms with van der Waals surface area (Å²) in [5.41, 5.74) is 0.506. The molecule has 2 N–H and O–H groups in total. The van der Waals surface area contributed by atoms with Crippen molar-refractivity contribution in [2.45, 2.75) is 0 Å². The van der Waals surface area contributed by atoms with Gasteiger partial charge in [-0.1, -0.05) is 6.07 Å². The molecule has 104 valence electrons. The summed E-state index contributed by atoms with van der Waals surface area (Å²) < 4.78 is 15.4. The molecule has 2 rings (SSSR count). The molecule has 1 aliphatic rings. The highest BCUT2D eigenvalue weighted by molar-refractivity contribution is 5.97. The second-order valence-corrected chi connectivity index (χ2v) is 4.04. The van der Waals surface area contributed by atoms with Gasteiger partial charge in [0.1, 0.15) is 0 Å². The molecule has 19 heavy (non-hydrogen) atoms. The first kappa shape index (κ1) is 13.6. The molecule has 1 aliphatic heterocycles. The molecular weight excluding hydrogens is 248 g/mol. The highest BCUT2D eigenvalue weighted by Gasteiger charge is 2.21. The number of methoxy groups -OCH3 is 1. The monoisotopic (exact) mass is 266 g/mol. The molecule has 0 saturated carbocycles. The molecule has 0 radical (unpaired) electrons. The Morgan fingerprint density at radius 2 is 2.21 bits per heavy atom. The van der Waals surface area contributed by atoms with Crippen LogP contribution in [-0.4, -0.2) is 46.1 Å². The number of amides is 1. The Bertz CT molecular complexity index is 437. The van der Waals surface area contributed by atoms with Gasteiger partial charge in [0, 0.05) is 26.7 Å². The van der Waals surface area contributed by atoms with E-state index in [-0.39, 0.29) is 12.7 Å². The molecule has 1 aromatic rings. The summed E-state index contributed by atoms with van der Waals surface area (Å²) in [5.74, 6) is 0.981. The van der Waals surface area contributed by atoms with Gasteiger partial charge in [-0.25, -0.2) is 0 Å². The molecule has 0 spiro atoms. The minimum Gasteiger partial charge on any atom is -0.454 e. The van der Waals surface area contributed by atoms with Gasteiger partial charge in [0.05, 0.1) is 12.2 Å². The van der Waals surface area contributed by atoms with E-state index in [1.54, 1.807) is 25.3 Å². The lowest BCUT2D eigenvalue weighted by molar-refractivity contribution is 0.0949. The van der Waals surface area contributed by atoms with Gasteiger partial charge in [-0.2, -0.15) is 0 Å². The third-order valence-electron chi connectivity index (χ3n) is 2.71. The van der Waals surface area contributed by atoms with Crippen LogP contribution in [-0.2, 0) is 4.74 Å². The topological polar surface area (TPSA) is 68.8 Å². The fraction of sp³-hybridized carbons (Fsp3) is 0.462. The van der Waals surface area contributed by atoms with Crippen LogP contribution in [0.4, 0.5) is 0 Å². The van der Waals surface area contributed by atoms with Crippen molar-refractivity contribution in [1.29, 1.82) is 0 Å². The zero-order valence-electron chi connectivity index (χ0n) is 10.9. The number of para-hydroxylation sites is 1. The molecule has 0 aromatic heterocycles. The molecule has 0 aliphatic carbocycles. The normalized spacial score (nSPS) is 12.5. The van der Waals surface area contributed by atoms with Crippen molar-refractivity contribution in [1.82, 2.24) is 10.6 Å². The second-order valence-electron chi connectivity index (χ2n) is 4.04. The Labute approximate surface area is 112 Å². The lowest BCUT2D eigenvalue weighted by Gasteiger charge is -2.08. The molecule has 0 fully saturated rings. The van der Waals surface area contributed by atoms with E-state index in [4.69, 9.17) is 14.2 Å². The van der Waals surface area contributed by atoms with Gasteiger partial charge >= 0.3 is 0 Å². The number of carbonyl (C=O) groups excluding carboxylic acids is 1. The first-order valence-electron chi connectivity index (χ1n) is 6.19. The molecule has 1 amide bonds. The third kappa shape index (κ3) is 3.59. The molecule has 6 heteroatoms. The van der Waals surface area contributed by atoms with Crippen LogP contribution in [0.2, 0.25) is 0 Å². The summed E-state index contributed by atoms with van der Waals surface area (Å²) in [6.45, 7) is 2.84. The van der Waals surface area contributed by atoms with Crippen molar-refractivity contribution in [3.63, 3.8) is 0 Å². The Balaban J connectivity index is 1.79. The molecule has 1 aromatic carbocycles.